The molecule has 3 rings (SSSR count). The van der Waals surface area contributed by atoms with Gasteiger partial charge in [0.25, 0.3) is 5.91 Å². The number of carbonyl (C=O) groups excluding carboxylic acids is 1. The van der Waals surface area contributed by atoms with Crippen molar-refractivity contribution in [3.8, 4) is 0 Å². The van der Waals surface area contributed by atoms with E-state index < -0.39 is 0 Å². The normalized spacial score (nSPS) is 11.0. The van der Waals surface area contributed by atoms with Crippen LogP contribution in [0.2, 0.25) is 5.02 Å². The first kappa shape index (κ1) is 19.2. The fourth-order valence-corrected chi connectivity index (χ4v) is 3.28. The van der Waals surface area contributed by atoms with Crippen LogP contribution in [0.15, 0.2) is 72.9 Å². The van der Waals surface area contributed by atoms with Crippen molar-refractivity contribution in [3.63, 3.8) is 0 Å². The Bertz CT molecular complexity index is 869. The molecule has 0 radical (unpaired) electrons. The Morgan fingerprint density at radius 2 is 1.70 bits per heavy atom. The Hall–Kier alpha value is -2.52. The van der Waals surface area contributed by atoms with Crippen molar-refractivity contribution in [2.24, 2.45) is 5.92 Å². The van der Waals surface area contributed by atoms with Crippen molar-refractivity contribution < 1.29 is 4.79 Å². The minimum absolute atomic E-state index is 0.0350. The second-order valence-electron chi connectivity index (χ2n) is 7.20. The Kier molecular flexibility index (Phi) is 6.36. The number of carbonyl (C=O) groups is 1. The molecule has 0 fully saturated rings. The zero-order chi connectivity index (χ0) is 19.2. The van der Waals surface area contributed by atoms with Gasteiger partial charge in [0, 0.05) is 35.6 Å². The summed E-state index contributed by atoms with van der Waals surface area (Å²) in [6, 6.07) is 21.6. The number of hydrogen-bond donors (Lipinski definition) is 0. The molecule has 3 aromatic rings. The zero-order valence-electron chi connectivity index (χ0n) is 15.8. The van der Waals surface area contributed by atoms with E-state index >= 15 is 0 Å². The van der Waals surface area contributed by atoms with Gasteiger partial charge in [0.1, 0.15) is 0 Å². The molecule has 1 amide bonds. The van der Waals surface area contributed by atoms with E-state index in [1.165, 1.54) is 5.56 Å². The van der Waals surface area contributed by atoms with Gasteiger partial charge in [-0.3, -0.25) is 4.79 Å². The van der Waals surface area contributed by atoms with Crippen LogP contribution >= 0.6 is 11.6 Å². The first-order valence-corrected chi connectivity index (χ1v) is 9.63. The molecule has 0 saturated carbocycles. The van der Waals surface area contributed by atoms with Crippen molar-refractivity contribution >= 4 is 17.5 Å². The molecule has 0 spiro atoms. The van der Waals surface area contributed by atoms with Gasteiger partial charge in [-0.25, -0.2) is 0 Å². The summed E-state index contributed by atoms with van der Waals surface area (Å²) < 4.78 is 2.21. The summed E-state index contributed by atoms with van der Waals surface area (Å²) in [7, 11) is 0. The first-order chi connectivity index (χ1) is 13.0. The van der Waals surface area contributed by atoms with E-state index in [2.05, 4.69) is 42.8 Å². The van der Waals surface area contributed by atoms with Gasteiger partial charge in [-0.2, -0.15) is 0 Å². The predicted molar refractivity (Wildman–Crippen MR) is 111 cm³/mol. The molecule has 0 N–H and O–H groups in total. The van der Waals surface area contributed by atoms with E-state index in [-0.39, 0.29) is 5.91 Å². The summed E-state index contributed by atoms with van der Waals surface area (Å²) in [5.74, 6) is 0.423. The third-order valence-corrected chi connectivity index (χ3v) is 4.69. The van der Waals surface area contributed by atoms with Crippen LogP contribution in [0.5, 0.6) is 0 Å². The SMILES string of the molecule is CC(C)CN(Cc1cccn1Cc1ccccc1)C(=O)c1ccc(Cl)cc1. The number of amides is 1. The second kappa shape index (κ2) is 8.92. The van der Waals surface area contributed by atoms with Gasteiger partial charge < -0.3 is 9.47 Å². The van der Waals surface area contributed by atoms with E-state index in [1.54, 1.807) is 24.3 Å². The van der Waals surface area contributed by atoms with Gasteiger partial charge in [0.2, 0.25) is 0 Å². The Balaban J connectivity index is 1.80. The van der Waals surface area contributed by atoms with Crippen molar-refractivity contribution in [1.82, 2.24) is 9.47 Å². The van der Waals surface area contributed by atoms with Gasteiger partial charge in [-0.15, -0.1) is 0 Å². The highest BCUT2D eigenvalue weighted by Gasteiger charge is 2.18. The molecule has 3 nitrogen and oxygen atoms in total. The third kappa shape index (κ3) is 5.24. The fraction of sp³-hybridized carbons (Fsp3) is 0.261. The molecular formula is C23H25ClN2O. The van der Waals surface area contributed by atoms with E-state index in [0.29, 0.717) is 29.6 Å². The van der Waals surface area contributed by atoms with E-state index in [0.717, 1.165) is 12.2 Å². The maximum Gasteiger partial charge on any atom is 0.254 e. The number of hydrogen-bond acceptors (Lipinski definition) is 1. The number of rotatable bonds is 7. The molecule has 27 heavy (non-hydrogen) atoms. The van der Waals surface area contributed by atoms with Crippen LogP contribution < -0.4 is 0 Å². The topological polar surface area (TPSA) is 25.2 Å². The van der Waals surface area contributed by atoms with E-state index in [1.807, 2.05) is 29.2 Å². The van der Waals surface area contributed by atoms with Crippen molar-refractivity contribution in [2.45, 2.75) is 26.9 Å². The number of benzene rings is 2. The lowest BCUT2D eigenvalue weighted by Gasteiger charge is -2.25. The summed E-state index contributed by atoms with van der Waals surface area (Å²) in [4.78, 5) is 15.0. The molecule has 1 heterocycles. The lowest BCUT2D eigenvalue weighted by Crippen LogP contribution is -2.34. The summed E-state index contributed by atoms with van der Waals surface area (Å²) in [5, 5.41) is 0.638. The average molecular weight is 381 g/mol. The molecule has 0 aliphatic carbocycles. The van der Waals surface area contributed by atoms with Crippen molar-refractivity contribution in [3.05, 3.63) is 94.8 Å². The first-order valence-electron chi connectivity index (χ1n) is 9.25. The van der Waals surface area contributed by atoms with Gasteiger partial charge in [-0.1, -0.05) is 55.8 Å². The highest BCUT2D eigenvalue weighted by molar-refractivity contribution is 6.30. The summed E-state index contributed by atoms with van der Waals surface area (Å²) in [6.45, 7) is 6.35. The van der Waals surface area contributed by atoms with Gasteiger partial charge in [-0.05, 0) is 47.9 Å². The van der Waals surface area contributed by atoms with Crippen LogP contribution in [0.3, 0.4) is 0 Å². The Labute approximate surface area is 166 Å². The van der Waals surface area contributed by atoms with Gasteiger partial charge in [0.05, 0.1) is 6.54 Å². The molecule has 1 aromatic heterocycles. The largest absolute Gasteiger partial charge is 0.345 e. The molecule has 2 aromatic carbocycles. The second-order valence-corrected chi connectivity index (χ2v) is 7.64. The van der Waals surface area contributed by atoms with Crippen LogP contribution in [0.25, 0.3) is 0 Å². The molecule has 140 valence electrons. The van der Waals surface area contributed by atoms with Crippen molar-refractivity contribution in [1.29, 1.82) is 0 Å². The van der Waals surface area contributed by atoms with Crippen LogP contribution in [0.4, 0.5) is 0 Å². The predicted octanol–water partition coefficient (Wildman–Crippen LogP) is 5.49. The number of halogens is 1. The lowest BCUT2D eigenvalue weighted by molar-refractivity contribution is 0.0719. The van der Waals surface area contributed by atoms with Crippen molar-refractivity contribution in [2.75, 3.05) is 6.54 Å². The van der Waals surface area contributed by atoms with Gasteiger partial charge in [0.15, 0.2) is 0 Å². The highest BCUT2D eigenvalue weighted by atomic mass is 35.5. The molecule has 0 bridgehead atoms. The minimum atomic E-state index is 0.0350. The standard InChI is InChI=1S/C23H25ClN2O/c1-18(2)15-26(23(27)20-10-12-21(24)13-11-20)17-22-9-6-14-25(22)16-19-7-4-3-5-8-19/h3-14,18H,15-17H2,1-2H3. The maximum absolute atomic E-state index is 13.1. The minimum Gasteiger partial charge on any atom is -0.345 e. The highest BCUT2D eigenvalue weighted by Crippen LogP contribution is 2.16. The maximum atomic E-state index is 13.1. The summed E-state index contributed by atoms with van der Waals surface area (Å²) in [5.41, 5.74) is 3.04. The molecule has 0 aliphatic rings. The Morgan fingerprint density at radius 3 is 2.37 bits per heavy atom. The van der Waals surface area contributed by atoms with E-state index in [4.69, 9.17) is 11.6 Å². The number of aromatic nitrogens is 1. The molecular weight excluding hydrogens is 356 g/mol. The lowest BCUT2D eigenvalue weighted by atomic mass is 10.1. The molecule has 0 aliphatic heterocycles. The average Bonchev–Trinajstić information content (AvgIpc) is 3.08. The molecule has 0 atom stereocenters. The zero-order valence-corrected chi connectivity index (χ0v) is 16.6. The van der Waals surface area contributed by atoms with Crippen LogP contribution in [-0.4, -0.2) is 21.9 Å². The third-order valence-electron chi connectivity index (χ3n) is 4.44. The monoisotopic (exact) mass is 380 g/mol. The van der Waals surface area contributed by atoms with Crippen LogP contribution in [-0.2, 0) is 13.1 Å². The van der Waals surface area contributed by atoms with Gasteiger partial charge >= 0.3 is 0 Å². The van der Waals surface area contributed by atoms with E-state index in [9.17, 15) is 4.79 Å². The Morgan fingerprint density at radius 1 is 1.00 bits per heavy atom. The quantitative estimate of drug-likeness (QED) is 0.532. The summed E-state index contributed by atoms with van der Waals surface area (Å²) >= 11 is 5.96. The fourth-order valence-electron chi connectivity index (χ4n) is 3.16. The number of nitrogens with zero attached hydrogens (tertiary/aromatic N) is 2. The molecule has 4 heteroatoms. The smallest absolute Gasteiger partial charge is 0.254 e. The van der Waals surface area contributed by atoms with Crippen LogP contribution in [0.1, 0.15) is 35.5 Å². The molecule has 0 saturated heterocycles. The molecule has 0 unspecified atom stereocenters. The van der Waals surface area contributed by atoms with Crippen LogP contribution in [0, 0.1) is 5.92 Å². The summed E-state index contributed by atoms with van der Waals surface area (Å²) in [6.07, 6.45) is 2.07.